The third-order valence-corrected chi connectivity index (χ3v) is 5.99. The maximum absolute atomic E-state index is 6.12. The number of hydrogen-bond acceptors (Lipinski definition) is 5. The molecule has 4 rings (SSSR count). The van der Waals surface area contributed by atoms with Gasteiger partial charge in [0.2, 0.25) is 0 Å². The third-order valence-electron chi connectivity index (χ3n) is 5.99. The molecule has 0 spiro atoms. The van der Waals surface area contributed by atoms with Crippen molar-refractivity contribution in [3.63, 3.8) is 0 Å². The molecular weight excluding hydrogens is 497 g/mol. The Kier molecular flexibility index (Phi) is 10.2. The molecule has 1 N–H and O–H groups in total. The van der Waals surface area contributed by atoms with Gasteiger partial charge in [0.25, 0.3) is 0 Å². The second kappa shape index (κ2) is 12.9. The van der Waals surface area contributed by atoms with Crippen LogP contribution in [0.3, 0.4) is 0 Å². The standard InChI is InChI=1S/C22H35N3O4.HI/c1-4-18(26-13-1)7-10-23-22(24-16-20-5-2-14-27-20)25-11-8-19(9-12-25)29-17-21-6-3-15-28-21;/h1,4,13,19-21H,2-3,5-12,14-17H2,(H,23,24);1H. The smallest absolute Gasteiger partial charge is 0.194 e. The van der Waals surface area contributed by atoms with Crippen LogP contribution in [0.15, 0.2) is 27.8 Å². The molecule has 0 radical (unpaired) electrons. The van der Waals surface area contributed by atoms with Gasteiger partial charge in [-0.3, -0.25) is 4.99 Å². The number of nitrogens with one attached hydrogen (secondary N) is 1. The molecule has 3 fully saturated rings. The zero-order valence-electron chi connectivity index (χ0n) is 17.8. The van der Waals surface area contributed by atoms with Gasteiger partial charge in [0.15, 0.2) is 5.96 Å². The molecule has 7 nitrogen and oxygen atoms in total. The summed E-state index contributed by atoms with van der Waals surface area (Å²) in [6, 6.07) is 3.95. The van der Waals surface area contributed by atoms with Gasteiger partial charge in [0.1, 0.15) is 5.76 Å². The van der Waals surface area contributed by atoms with Crippen molar-refractivity contribution in [2.75, 3.05) is 46.0 Å². The van der Waals surface area contributed by atoms with E-state index in [1.807, 2.05) is 12.1 Å². The van der Waals surface area contributed by atoms with E-state index < -0.39 is 0 Å². The first-order valence-corrected chi connectivity index (χ1v) is 11.3. The van der Waals surface area contributed by atoms with Gasteiger partial charge >= 0.3 is 0 Å². The van der Waals surface area contributed by atoms with Crippen LogP contribution in [-0.2, 0) is 20.6 Å². The first-order valence-electron chi connectivity index (χ1n) is 11.3. The lowest BCUT2D eigenvalue weighted by molar-refractivity contribution is -0.0367. The van der Waals surface area contributed by atoms with E-state index in [4.69, 9.17) is 23.6 Å². The van der Waals surface area contributed by atoms with Crippen molar-refractivity contribution >= 4 is 29.9 Å². The summed E-state index contributed by atoms with van der Waals surface area (Å²) in [5.41, 5.74) is 0. The number of hydrogen-bond donors (Lipinski definition) is 1. The Morgan fingerprint density at radius 3 is 2.53 bits per heavy atom. The van der Waals surface area contributed by atoms with Gasteiger partial charge in [-0.2, -0.15) is 0 Å². The minimum absolute atomic E-state index is 0. The SMILES string of the molecule is I.c1coc(CCNC(=NCC2CCCO2)N2CCC(OCC3CCCO3)CC2)c1. The van der Waals surface area contributed by atoms with Crippen molar-refractivity contribution in [1.29, 1.82) is 0 Å². The Labute approximate surface area is 196 Å². The van der Waals surface area contributed by atoms with E-state index in [0.29, 0.717) is 12.2 Å². The molecule has 0 saturated carbocycles. The Morgan fingerprint density at radius 2 is 1.87 bits per heavy atom. The zero-order valence-corrected chi connectivity index (χ0v) is 20.1. The fraction of sp³-hybridized carbons (Fsp3) is 0.773. The van der Waals surface area contributed by atoms with Gasteiger partial charge in [0.05, 0.1) is 37.7 Å². The predicted molar refractivity (Wildman–Crippen MR) is 127 cm³/mol. The van der Waals surface area contributed by atoms with Crippen molar-refractivity contribution in [3.05, 3.63) is 24.2 Å². The Balaban J connectivity index is 0.00000256. The second-order valence-electron chi connectivity index (χ2n) is 8.21. The average Bonchev–Trinajstić information content (AvgIpc) is 3.53. The lowest BCUT2D eigenvalue weighted by Crippen LogP contribution is -2.48. The molecule has 2 unspecified atom stereocenters. The average molecular weight is 533 g/mol. The number of rotatable bonds is 8. The predicted octanol–water partition coefficient (Wildman–Crippen LogP) is 3.22. The lowest BCUT2D eigenvalue weighted by Gasteiger charge is -2.34. The summed E-state index contributed by atoms with van der Waals surface area (Å²) >= 11 is 0. The number of ether oxygens (including phenoxy) is 3. The van der Waals surface area contributed by atoms with Crippen LogP contribution in [0.2, 0.25) is 0 Å². The molecule has 1 aromatic rings. The fourth-order valence-corrected chi connectivity index (χ4v) is 4.25. The molecule has 170 valence electrons. The van der Waals surface area contributed by atoms with Gasteiger partial charge < -0.3 is 28.8 Å². The molecule has 8 heteroatoms. The number of nitrogens with zero attached hydrogens (tertiary/aromatic N) is 2. The Hall–Kier alpha value is -0.840. The molecule has 3 saturated heterocycles. The van der Waals surface area contributed by atoms with E-state index in [2.05, 4.69) is 10.2 Å². The van der Waals surface area contributed by atoms with E-state index >= 15 is 0 Å². The van der Waals surface area contributed by atoms with Gasteiger partial charge in [-0.15, -0.1) is 24.0 Å². The maximum atomic E-state index is 6.12. The number of aliphatic imine (C=N–C) groups is 1. The molecule has 0 aromatic carbocycles. The number of piperidine rings is 1. The number of furan rings is 1. The molecule has 2 atom stereocenters. The van der Waals surface area contributed by atoms with Crippen LogP contribution in [0.1, 0.15) is 44.3 Å². The van der Waals surface area contributed by atoms with Crippen molar-refractivity contribution < 1.29 is 18.6 Å². The van der Waals surface area contributed by atoms with E-state index in [1.165, 1.54) is 6.42 Å². The van der Waals surface area contributed by atoms with Crippen LogP contribution in [0.4, 0.5) is 0 Å². The summed E-state index contributed by atoms with van der Waals surface area (Å²) in [6.45, 7) is 5.98. The summed E-state index contributed by atoms with van der Waals surface area (Å²) in [4.78, 5) is 7.26. The topological polar surface area (TPSA) is 68.5 Å². The number of halogens is 1. The van der Waals surface area contributed by atoms with Gasteiger partial charge in [-0.25, -0.2) is 0 Å². The highest BCUT2D eigenvalue weighted by Gasteiger charge is 2.25. The van der Waals surface area contributed by atoms with Crippen LogP contribution in [0.25, 0.3) is 0 Å². The van der Waals surface area contributed by atoms with Crippen LogP contribution in [0.5, 0.6) is 0 Å². The molecule has 1 aromatic heterocycles. The molecule has 3 aliphatic heterocycles. The molecule has 4 heterocycles. The van der Waals surface area contributed by atoms with E-state index in [0.717, 1.165) is 96.2 Å². The Morgan fingerprint density at radius 1 is 1.10 bits per heavy atom. The maximum Gasteiger partial charge on any atom is 0.194 e. The molecular formula is C22H36IN3O4. The summed E-state index contributed by atoms with van der Waals surface area (Å²) in [6.07, 6.45) is 10.1. The van der Waals surface area contributed by atoms with E-state index in [-0.39, 0.29) is 30.1 Å². The van der Waals surface area contributed by atoms with Crippen LogP contribution < -0.4 is 5.32 Å². The molecule has 0 amide bonds. The highest BCUT2D eigenvalue weighted by atomic mass is 127. The molecule has 0 bridgehead atoms. The van der Waals surface area contributed by atoms with Crippen LogP contribution in [0, 0.1) is 0 Å². The highest BCUT2D eigenvalue weighted by Crippen LogP contribution is 2.18. The Bertz CT molecular complexity index is 608. The first kappa shape index (κ1) is 23.8. The van der Waals surface area contributed by atoms with Crippen molar-refractivity contribution in [3.8, 4) is 0 Å². The van der Waals surface area contributed by atoms with E-state index in [1.54, 1.807) is 6.26 Å². The monoisotopic (exact) mass is 533 g/mol. The number of likely N-dealkylation sites (tertiary alicyclic amines) is 1. The zero-order chi connectivity index (χ0) is 19.7. The number of guanidine groups is 1. The highest BCUT2D eigenvalue weighted by molar-refractivity contribution is 14.0. The first-order chi connectivity index (χ1) is 14.4. The molecule has 3 aliphatic rings. The quantitative estimate of drug-likeness (QED) is 0.315. The van der Waals surface area contributed by atoms with Gasteiger partial charge in [-0.05, 0) is 50.7 Å². The normalized spacial score (nSPS) is 25.5. The summed E-state index contributed by atoms with van der Waals surface area (Å²) in [5.74, 6) is 1.99. The van der Waals surface area contributed by atoms with Crippen LogP contribution >= 0.6 is 24.0 Å². The van der Waals surface area contributed by atoms with Crippen molar-refractivity contribution in [1.82, 2.24) is 10.2 Å². The summed E-state index contributed by atoms with van der Waals surface area (Å²) in [7, 11) is 0. The van der Waals surface area contributed by atoms with Crippen LogP contribution in [-0.4, -0.2) is 75.2 Å². The van der Waals surface area contributed by atoms with Crippen molar-refractivity contribution in [2.24, 2.45) is 4.99 Å². The minimum Gasteiger partial charge on any atom is -0.469 e. The second-order valence-corrected chi connectivity index (χ2v) is 8.21. The van der Waals surface area contributed by atoms with Crippen molar-refractivity contribution in [2.45, 2.75) is 63.3 Å². The summed E-state index contributed by atoms with van der Waals surface area (Å²) in [5, 5.41) is 3.54. The molecule has 30 heavy (non-hydrogen) atoms. The van der Waals surface area contributed by atoms with Gasteiger partial charge in [-0.1, -0.05) is 0 Å². The van der Waals surface area contributed by atoms with Gasteiger partial charge in [0, 0.05) is 39.3 Å². The summed E-state index contributed by atoms with van der Waals surface area (Å²) < 4.78 is 23.0. The largest absolute Gasteiger partial charge is 0.469 e. The molecule has 0 aliphatic carbocycles. The fourth-order valence-electron chi connectivity index (χ4n) is 4.25. The third kappa shape index (κ3) is 7.39. The minimum atomic E-state index is 0. The van der Waals surface area contributed by atoms with E-state index in [9.17, 15) is 0 Å². The lowest BCUT2D eigenvalue weighted by atomic mass is 10.1.